The Morgan fingerprint density at radius 2 is 1.46 bits per heavy atom. The summed E-state index contributed by atoms with van der Waals surface area (Å²) in [6, 6.07) is 39.4. The lowest BCUT2D eigenvalue weighted by atomic mass is 9.66. The smallest absolute Gasteiger partial charge is 0.314 e. The zero-order chi connectivity index (χ0) is 32.8. The predicted octanol–water partition coefficient (Wildman–Crippen LogP) is 7.00. The van der Waals surface area contributed by atoms with Crippen molar-refractivity contribution in [2.24, 2.45) is 5.92 Å². The lowest BCUT2D eigenvalue weighted by molar-refractivity contribution is -0.156. The number of ether oxygens (including phenoxy) is 2. The van der Waals surface area contributed by atoms with Crippen molar-refractivity contribution in [2.45, 2.75) is 23.6 Å². The van der Waals surface area contributed by atoms with E-state index in [1.807, 2.05) is 126 Å². The Morgan fingerprint density at radius 1 is 0.792 bits per heavy atom. The zero-order valence-corrected chi connectivity index (χ0v) is 26.2. The van der Waals surface area contributed by atoms with Gasteiger partial charge in [-0.15, -0.1) is 0 Å². The van der Waals surface area contributed by atoms with Crippen LogP contribution in [0.25, 0.3) is 6.08 Å². The van der Waals surface area contributed by atoms with Gasteiger partial charge in [-0.25, -0.2) is 0 Å². The van der Waals surface area contributed by atoms with Crippen LogP contribution in [-0.2, 0) is 19.7 Å². The second-order valence-corrected chi connectivity index (χ2v) is 12.3. The van der Waals surface area contributed by atoms with Crippen molar-refractivity contribution in [3.05, 3.63) is 167 Å². The topological polar surface area (TPSA) is 84.9 Å². The van der Waals surface area contributed by atoms with Crippen LogP contribution < -0.4 is 15.0 Å². The normalized spacial score (nSPS) is 21.8. The third-order valence-electron chi connectivity index (χ3n) is 9.86. The first-order valence-corrected chi connectivity index (χ1v) is 16.0. The van der Waals surface area contributed by atoms with E-state index in [1.165, 1.54) is 0 Å². The van der Waals surface area contributed by atoms with Gasteiger partial charge in [-0.1, -0.05) is 121 Å². The number of fused-ring (bicyclic) bond motifs is 6. The van der Waals surface area contributed by atoms with Crippen molar-refractivity contribution in [3.63, 3.8) is 0 Å². The lowest BCUT2D eigenvalue weighted by Gasteiger charge is -2.37. The number of hydrogen-bond acceptors (Lipinski definition) is 6. The number of hydrogen-bond donors (Lipinski definition) is 1. The molecule has 0 bridgehead atoms. The third kappa shape index (κ3) is 4.46. The number of rotatable bonds is 7. The van der Waals surface area contributed by atoms with Gasteiger partial charge in [0.1, 0.15) is 23.1 Å². The van der Waals surface area contributed by atoms with Gasteiger partial charge < -0.3 is 19.7 Å². The molecule has 0 aromatic heterocycles. The van der Waals surface area contributed by atoms with E-state index >= 15 is 9.59 Å². The molecule has 1 amide bonds. The molecule has 8 rings (SSSR count). The molecule has 5 aromatic carbocycles. The van der Waals surface area contributed by atoms with Gasteiger partial charge in [0.2, 0.25) is 5.91 Å². The minimum atomic E-state index is -1.48. The summed E-state index contributed by atoms with van der Waals surface area (Å²) in [5.74, 6) is -2.01. The van der Waals surface area contributed by atoms with E-state index in [4.69, 9.17) is 9.47 Å². The van der Waals surface area contributed by atoms with Crippen LogP contribution in [0.2, 0.25) is 0 Å². The Kier molecular flexibility index (Phi) is 7.17. The number of esters is 1. The number of nitrogens with zero attached hydrogens (tertiary/aromatic N) is 1. The SMILES string of the molecule is COc1cccc(C(=O)[C@H]2[C@H](C(=O)OC(c3ccccc3)c3ccccc3)[C@]3(C(=O)Nc4ccccc43)[C@H]3C=Cc4ccccc4N23)c1. The van der Waals surface area contributed by atoms with Crippen molar-refractivity contribution in [1.82, 2.24) is 0 Å². The molecule has 3 aliphatic heterocycles. The van der Waals surface area contributed by atoms with Crippen molar-refractivity contribution < 1.29 is 23.9 Å². The number of amides is 1. The summed E-state index contributed by atoms with van der Waals surface area (Å²) in [5.41, 5.74) is 3.37. The summed E-state index contributed by atoms with van der Waals surface area (Å²) in [4.78, 5) is 46.9. The van der Waals surface area contributed by atoms with Crippen molar-refractivity contribution in [1.29, 1.82) is 0 Å². The molecule has 1 spiro atoms. The number of benzene rings is 5. The maximum atomic E-state index is 15.2. The highest BCUT2D eigenvalue weighted by Gasteiger charge is 2.71. The largest absolute Gasteiger partial charge is 0.497 e. The molecule has 0 aliphatic carbocycles. The summed E-state index contributed by atoms with van der Waals surface area (Å²) in [6.07, 6.45) is 3.16. The number of Topliss-reactive ketones (excluding diaryl/α,β-unsaturated/α-hetero) is 1. The minimum Gasteiger partial charge on any atom is -0.497 e. The Morgan fingerprint density at radius 3 is 2.19 bits per heavy atom. The fourth-order valence-corrected chi connectivity index (χ4v) is 7.81. The monoisotopic (exact) mass is 632 g/mol. The maximum absolute atomic E-state index is 15.2. The number of nitrogens with one attached hydrogen (secondary N) is 1. The van der Waals surface area contributed by atoms with E-state index in [0.717, 1.165) is 22.4 Å². The first kappa shape index (κ1) is 29.5. The number of carbonyl (C=O) groups excluding carboxylic acids is 3. The Balaban J connectivity index is 1.36. The fourth-order valence-electron chi connectivity index (χ4n) is 7.81. The Labute approximate surface area is 278 Å². The van der Waals surface area contributed by atoms with Crippen LogP contribution >= 0.6 is 0 Å². The van der Waals surface area contributed by atoms with Gasteiger partial charge in [0.25, 0.3) is 0 Å². The molecular weight excluding hydrogens is 600 g/mol. The zero-order valence-electron chi connectivity index (χ0n) is 26.2. The highest BCUT2D eigenvalue weighted by Crippen LogP contribution is 2.58. The average Bonchev–Trinajstić information content (AvgIpc) is 3.63. The number of ketones is 1. The van der Waals surface area contributed by atoms with Crippen LogP contribution in [0.4, 0.5) is 11.4 Å². The van der Waals surface area contributed by atoms with Gasteiger partial charge in [-0.2, -0.15) is 0 Å². The molecule has 3 aliphatic rings. The van der Waals surface area contributed by atoms with Crippen molar-refractivity contribution in [3.8, 4) is 5.75 Å². The van der Waals surface area contributed by atoms with Crippen LogP contribution in [0.15, 0.2) is 140 Å². The van der Waals surface area contributed by atoms with Crippen LogP contribution in [0.5, 0.6) is 5.75 Å². The summed E-state index contributed by atoms with van der Waals surface area (Å²) in [6.45, 7) is 0. The number of carbonyl (C=O) groups is 3. The number of para-hydroxylation sites is 2. The van der Waals surface area contributed by atoms with Crippen molar-refractivity contribution in [2.75, 3.05) is 17.3 Å². The molecule has 7 nitrogen and oxygen atoms in total. The fraction of sp³-hybridized carbons (Fsp3) is 0.146. The van der Waals surface area contributed by atoms with Crippen LogP contribution in [0, 0.1) is 5.92 Å². The molecule has 3 heterocycles. The molecule has 236 valence electrons. The van der Waals surface area contributed by atoms with Crippen LogP contribution in [0.3, 0.4) is 0 Å². The molecule has 1 fully saturated rings. The molecule has 5 aromatic rings. The molecular formula is C41H32N2O5. The molecule has 0 unspecified atom stereocenters. The van der Waals surface area contributed by atoms with Gasteiger partial charge in [0.15, 0.2) is 11.9 Å². The summed E-state index contributed by atoms with van der Waals surface area (Å²) in [5, 5.41) is 3.07. The molecule has 7 heteroatoms. The summed E-state index contributed by atoms with van der Waals surface area (Å²) >= 11 is 0. The second-order valence-electron chi connectivity index (χ2n) is 12.3. The van der Waals surface area contributed by atoms with Crippen molar-refractivity contribution >= 4 is 35.1 Å². The maximum Gasteiger partial charge on any atom is 0.314 e. The van der Waals surface area contributed by atoms with E-state index < -0.39 is 35.5 Å². The van der Waals surface area contributed by atoms with Gasteiger partial charge in [0.05, 0.1) is 13.2 Å². The Bertz CT molecular complexity index is 2040. The van der Waals surface area contributed by atoms with E-state index in [2.05, 4.69) is 5.32 Å². The highest BCUT2D eigenvalue weighted by atomic mass is 16.5. The van der Waals surface area contributed by atoms with Crippen LogP contribution in [0.1, 0.15) is 38.7 Å². The van der Waals surface area contributed by atoms with Crippen LogP contribution in [-0.4, -0.2) is 36.9 Å². The van der Waals surface area contributed by atoms with E-state index in [1.54, 1.807) is 31.4 Å². The molecule has 0 saturated carbocycles. The summed E-state index contributed by atoms with van der Waals surface area (Å²) in [7, 11) is 1.54. The molecule has 48 heavy (non-hydrogen) atoms. The second kappa shape index (κ2) is 11.7. The predicted molar refractivity (Wildman–Crippen MR) is 184 cm³/mol. The molecule has 1 N–H and O–H groups in total. The first-order chi connectivity index (χ1) is 23.5. The van der Waals surface area contributed by atoms with Gasteiger partial charge in [0, 0.05) is 16.9 Å². The lowest BCUT2D eigenvalue weighted by Crippen LogP contribution is -2.51. The highest BCUT2D eigenvalue weighted by molar-refractivity contribution is 6.15. The third-order valence-corrected chi connectivity index (χ3v) is 9.86. The van der Waals surface area contributed by atoms with E-state index in [9.17, 15) is 4.79 Å². The number of methoxy groups -OCH3 is 1. The minimum absolute atomic E-state index is 0.309. The quantitative estimate of drug-likeness (QED) is 0.154. The van der Waals surface area contributed by atoms with Gasteiger partial charge in [-0.05, 0) is 46.5 Å². The molecule has 1 saturated heterocycles. The first-order valence-electron chi connectivity index (χ1n) is 16.0. The average molecular weight is 633 g/mol. The van der Waals surface area contributed by atoms with Gasteiger partial charge >= 0.3 is 5.97 Å². The number of anilines is 2. The van der Waals surface area contributed by atoms with Gasteiger partial charge in [-0.3, -0.25) is 14.4 Å². The molecule has 4 atom stereocenters. The molecule has 0 radical (unpaired) electrons. The van der Waals surface area contributed by atoms with E-state index in [0.29, 0.717) is 22.6 Å². The summed E-state index contributed by atoms with van der Waals surface area (Å²) < 4.78 is 12.0. The standard InChI is InChI=1S/C41H32N2O5/c1-47-30-19-12-18-29(25-30)37(44)36-35(39(45)48-38(27-14-4-2-5-15-27)28-16-6-3-7-17-28)41(31-20-9-10-21-32(31)42-40(41)46)34-24-23-26-13-8-11-22-33(26)43(34)36/h2-25,34-36,38H,1H3,(H,42,46)/t34-,35-,36-,41-/m1/s1. The van der Waals surface area contributed by atoms with E-state index in [-0.39, 0.29) is 11.7 Å². The Hall–Kier alpha value is -5.95.